The molecule has 2 fully saturated rings. The van der Waals surface area contributed by atoms with Crippen molar-refractivity contribution in [1.82, 2.24) is 4.90 Å². The van der Waals surface area contributed by atoms with Crippen LogP contribution >= 0.6 is 0 Å². The van der Waals surface area contributed by atoms with Gasteiger partial charge in [0.2, 0.25) is 0 Å². The summed E-state index contributed by atoms with van der Waals surface area (Å²) in [6.45, 7) is 4.97. The number of nitrogens with zero attached hydrogens (tertiary/aromatic N) is 1. The summed E-state index contributed by atoms with van der Waals surface area (Å²) in [5.41, 5.74) is 1.03. The highest BCUT2D eigenvalue weighted by Crippen LogP contribution is 2.41. The Kier molecular flexibility index (Phi) is 5.74. The summed E-state index contributed by atoms with van der Waals surface area (Å²) < 4.78 is 16.4. The number of rotatable bonds is 7. The van der Waals surface area contributed by atoms with Crippen molar-refractivity contribution in [1.29, 1.82) is 0 Å². The molecule has 2 saturated heterocycles. The average Bonchev–Trinajstić information content (AvgIpc) is 3.34. The van der Waals surface area contributed by atoms with Gasteiger partial charge in [-0.3, -0.25) is 9.69 Å². The first-order valence-corrected chi connectivity index (χ1v) is 8.83. The van der Waals surface area contributed by atoms with E-state index in [-0.39, 0.29) is 24.1 Å². The number of fused-ring (bicyclic) bond motifs is 1. The number of hydrogen-bond donors (Lipinski definition) is 1. The molecule has 0 saturated carbocycles. The number of carbonyl (C=O) groups is 1. The molecule has 0 bridgehead atoms. The Labute approximate surface area is 148 Å². The largest absolute Gasteiger partial charge is 0.468 e. The predicted molar refractivity (Wildman–Crippen MR) is 91.7 cm³/mol. The fourth-order valence-electron chi connectivity index (χ4n) is 3.62. The number of aliphatic hydroxyl groups is 1. The second-order valence-corrected chi connectivity index (χ2v) is 7.16. The third-order valence-electron chi connectivity index (χ3n) is 4.88. The number of ether oxygens (including phenoxy) is 3. The molecule has 0 aliphatic carbocycles. The zero-order valence-corrected chi connectivity index (χ0v) is 15.0. The quantitative estimate of drug-likeness (QED) is 0.595. The molecule has 2 aliphatic rings. The normalized spacial score (nSPS) is 32.1. The van der Waals surface area contributed by atoms with Crippen molar-refractivity contribution < 1.29 is 24.1 Å². The molecule has 0 amide bonds. The van der Waals surface area contributed by atoms with E-state index in [4.69, 9.17) is 14.2 Å². The number of carbonyl (C=O) groups excluding carboxylic acids is 1. The Morgan fingerprint density at radius 3 is 2.72 bits per heavy atom. The molecule has 6 heteroatoms. The topological polar surface area (TPSA) is 68.0 Å². The van der Waals surface area contributed by atoms with Crippen molar-refractivity contribution in [3.05, 3.63) is 35.9 Å². The van der Waals surface area contributed by atoms with Gasteiger partial charge in [0.1, 0.15) is 12.1 Å². The second-order valence-electron chi connectivity index (χ2n) is 7.16. The van der Waals surface area contributed by atoms with Crippen molar-refractivity contribution in [3.63, 3.8) is 0 Å². The third-order valence-corrected chi connectivity index (χ3v) is 4.88. The van der Waals surface area contributed by atoms with E-state index in [1.54, 1.807) is 0 Å². The van der Waals surface area contributed by atoms with Gasteiger partial charge in [-0.15, -0.1) is 0 Å². The molecule has 0 spiro atoms. The summed E-state index contributed by atoms with van der Waals surface area (Å²) in [7, 11) is 1.40. The third kappa shape index (κ3) is 4.03. The van der Waals surface area contributed by atoms with Gasteiger partial charge in [0.05, 0.1) is 32.4 Å². The van der Waals surface area contributed by atoms with Crippen molar-refractivity contribution >= 4 is 5.97 Å². The van der Waals surface area contributed by atoms with E-state index in [1.807, 2.05) is 35.2 Å². The molecule has 1 N–H and O–H groups in total. The van der Waals surface area contributed by atoms with Gasteiger partial charge in [0.25, 0.3) is 0 Å². The van der Waals surface area contributed by atoms with Crippen LogP contribution in [0.1, 0.15) is 25.8 Å². The Morgan fingerprint density at radius 1 is 1.36 bits per heavy atom. The van der Waals surface area contributed by atoms with E-state index >= 15 is 0 Å². The summed E-state index contributed by atoms with van der Waals surface area (Å²) in [5.74, 6) is 0.104. The van der Waals surface area contributed by atoms with Crippen molar-refractivity contribution in [2.75, 3.05) is 13.7 Å². The summed E-state index contributed by atoms with van der Waals surface area (Å²) >= 11 is 0. The molecule has 1 unspecified atom stereocenters. The SMILES string of the molecule is COC(=O)[C@H](CC(C)C)N1[C@@H]2[C@@H](O)[C@@H](OCc3ccccc3)OC[C@@H]21. The van der Waals surface area contributed by atoms with Crippen LogP contribution in [0.15, 0.2) is 30.3 Å². The summed E-state index contributed by atoms with van der Waals surface area (Å²) in [6, 6.07) is 9.38. The molecule has 0 radical (unpaired) electrons. The van der Waals surface area contributed by atoms with Crippen LogP contribution in [0.3, 0.4) is 0 Å². The van der Waals surface area contributed by atoms with Gasteiger partial charge in [0, 0.05) is 0 Å². The van der Waals surface area contributed by atoms with Crippen LogP contribution in [0.5, 0.6) is 0 Å². The van der Waals surface area contributed by atoms with Gasteiger partial charge < -0.3 is 19.3 Å². The molecule has 3 rings (SSSR count). The standard InChI is InChI=1S/C19H27NO5/c1-12(2)9-14(18(22)23-3)20-15-11-25-19(17(21)16(15)20)24-10-13-7-5-4-6-8-13/h4-8,12,14-17,19,21H,9-11H2,1-3H3/t14-,15-,16-,17+,19-,20?/m0/s1. The number of esters is 1. The minimum atomic E-state index is -0.776. The molecule has 6 nitrogen and oxygen atoms in total. The monoisotopic (exact) mass is 349 g/mol. The smallest absolute Gasteiger partial charge is 0.323 e. The zero-order chi connectivity index (χ0) is 18.0. The van der Waals surface area contributed by atoms with E-state index in [0.717, 1.165) is 5.56 Å². The lowest BCUT2D eigenvalue weighted by Gasteiger charge is -2.26. The molecule has 0 aromatic heterocycles. The van der Waals surface area contributed by atoms with Gasteiger partial charge in [-0.05, 0) is 17.9 Å². The molecule has 2 heterocycles. The molecular weight excluding hydrogens is 322 g/mol. The first kappa shape index (κ1) is 18.3. The van der Waals surface area contributed by atoms with E-state index in [0.29, 0.717) is 25.6 Å². The highest BCUT2D eigenvalue weighted by molar-refractivity contribution is 5.76. The van der Waals surface area contributed by atoms with E-state index in [2.05, 4.69) is 13.8 Å². The Balaban J connectivity index is 1.60. The maximum Gasteiger partial charge on any atom is 0.323 e. The van der Waals surface area contributed by atoms with Gasteiger partial charge >= 0.3 is 5.97 Å². The minimum Gasteiger partial charge on any atom is -0.468 e. The molecular formula is C19H27NO5. The highest BCUT2D eigenvalue weighted by atomic mass is 16.7. The van der Waals surface area contributed by atoms with Crippen LogP contribution in [0.4, 0.5) is 0 Å². The highest BCUT2D eigenvalue weighted by Gasteiger charge is 2.61. The van der Waals surface area contributed by atoms with E-state index in [9.17, 15) is 9.90 Å². The number of aliphatic hydroxyl groups excluding tert-OH is 1. The van der Waals surface area contributed by atoms with E-state index in [1.165, 1.54) is 7.11 Å². The second kappa shape index (κ2) is 7.83. The van der Waals surface area contributed by atoms with Crippen molar-refractivity contribution in [2.24, 2.45) is 5.92 Å². The fraction of sp³-hybridized carbons (Fsp3) is 0.632. The van der Waals surface area contributed by atoms with E-state index < -0.39 is 12.4 Å². The predicted octanol–water partition coefficient (Wildman–Crippen LogP) is 1.56. The molecule has 1 aromatic carbocycles. The average molecular weight is 349 g/mol. The lowest BCUT2D eigenvalue weighted by molar-refractivity contribution is -0.211. The minimum absolute atomic E-state index is 0.0504. The molecule has 2 aliphatic heterocycles. The number of methoxy groups -OCH3 is 1. The van der Waals surface area contributed by atoms with Crippen LogP contribution in [-0.2, 0) is 25.6 Å². The van der Waals surface area contributed by atoms with Crippen LogP contribution in [0.25, 0.3) is 0 Å². The van der Waals surface area contributed by atoms with Crippen molar-refractivity contribution in [3.8, 4) is 0 Å². The van der Waals surface area contributed by atoms with Gasteiger partial charge in [-0.2, -0.15) is 0 Å². The lowest BCUT2D eigenvalue weighted by atomic mass is 10.0. The Morgan fingerprint density at radius 2 is 2.08 bits per heavy atom. The number of hydrogen-bond acceptors (Lipinski definition) is 6. The van der Waals surface area contributed by atoms with Gasteiger partial charge in [-0.25, -0.2) is 0 Å². The van der Waals surface area contributed by atoms with Crippen LogP contribution in [0, 0.1) is 5.92 Å². The first-order valence-electron chi connectivity index (χ1n) is 8.83. The van der Waals surface area contributed by atoms with Crippen LogP contribution < -0.4 is 0 Å². The summed E-state index contributed by atoms with van der Waals surface area (Å²) in [5, 5.41) is 10.6. The fourth-order valence-corrected chi connectivity index (χ4v) is 3.62. The Bertz CT molecular complexity index is 578. The molecule has 25 heavy (non-hydrogen) atoms. The molecule has 1 aromatic rings. The van der Waals surface area contributed by atoms with Gasteiger partial charge in [-0.1, -0.05) is 44.2 Å². The molecule has 138 valence electrons. The lowest BCUT2D eigenvalue weighted by Crippen LogP contribution is -2.42. The summed E-state index contributed by atoms with van der Waals surface area (Å²) in [4.78, 5) is 14.2. The first-order chi connectivity index (χ1) is 12.0. The maximum absolute atomic E-state index is 12.2. The molecule has 6 atom stereocenters. The zero-order valence-electron chi connectivity index (χ0n) is 15.0. The van der Waals surface area contributed by atoms with Crippen LogP contribution in [0.2, 0.25) is 0 Å². The van der Waals surface area contributed by atoms with Crippen LogP contribution in [-0.4, -0.2) is 60.2 Å². The summed E-state index contributed by atoms with van der Waals surface area (Å²) in [6.07, 6.45) is -0.757. The maximum atomic E-state index is 12.2. The van der Waals surface area contributed by atoms with Gasteiger partial charge in [0.15, 0.2) is 6.29 Å². The Hall–Kier alpha value is -1.47. The van der Waals surface area contributed by atoms with Crippen molar-refractivity contribution in [2.45, 2.75) is 57.4 Å². The number of benzene rings is 1.